The summed E-state index contributed by atoms with van der Waals surface area (Å²) in [4.78, 5) is 0. The monoisotopic (exact) mass is 428 g/mol. The van der Waals surface area contributed by atoms with E-state index in [4.69, 9.17) is 0 Å². The van der Waals surface area contributed by atoms with E-state index in [-0.39, 0.29) is 11.5 Å². The second-order valence-electron chi connectivity index (χ2n) is 14.2. The van der Waals surface area contributed by atoms with Gasteiger partial charge in [-0.2, -0.15) is 0 Å². The first-order chi connectivity index (χ1) is 14.4. The van der Waals surface area contributed by atoms with E-state index in [1.807, 2.05) is 0 Å². The molecular weight excluding hydrogens is 376 g/mol. The Hall–Kier alpha value is -0.300. The van der Waals surface area contributed by atoms with Gasteiger partial charge in [0, 0.05) is 0 Å². The fourth-order valence-electron chi connectivity index (χ4n) is 10.1. The summed E-state index contributed by atoms with van der Waals surface area (Å²) < 4.78 is 0. The van der Waals surface area contributed by atoms with Gasteiger partial charge in [0.2, 0.25) is 0 Å². The van der Waals surface area contributed by atoms with Gasteiger partial charge < -0.3 is 5.11 Å². The Morgan fingerprint density at radius 2 is 1.42 bits per heavy atom. The molecule has 1 heteroatoms. The van der Waals surface area contributed by atoms with E-state index in [0.717, 1.165) is 30.1 Å². The summed E-state index contributed by atoms with van der Waals surface area (Å²) in [6, 6.07) is 0. The number of hydrogen-bond donors (Lipinski definition) is 1. The maximum Gasteiger partial charge on any atom is 0.0594 e. The molecule has 4 rings (SSSR count). The fourth-order valence-corrected chi connectivity index (χ4v) is 10.1. The highest BCUT2D eigenvalue weighted by Gasteiger charge is 2.61. The van der Waals surface area contributed by atoms with Crippen LogP contribution < -0.4 is 0 Å². The third kappa shape index (κ3) is 3.59. The minimum Gasteiger partial charge on any atom is -0.393 e. The molecule has 1 nitrogen and oxygen atoms in total. The topological polar surface area (TPSA) is 20.2 Å². The van der Waals surface area contributed by atoms with Crippen molar-refractivity contribution in [2.45, 2.75) is 125 Å². The van der Waals surface area contributed by atoms with Crippen LogP contribution in [-0.4, -0.2) is 11.2 Å². The first kappa shape index (κ1) is 23.8. The molecule has 1 unspecified atom stereocenters. The number of aliphatic hydroxyl groups excluding tert-OH is 1. The molecule has 4 aliphatic rings. The maximum atomic E-state index is 10.9. The van der Waals surface area contributed by atoms with Crippen LogP contribution in [-0.2, 0) is 0 Å². The van der Waals surface area contributed by atoms with Crippen molar-refractivity contribution >= 4 is 0 Å². The first-order valence-electron chi connectivity index (χ1n) is 13.7. The molecule has 0 bridgehead atoms. The lowest BCUT2D eigenvalue weighted by molar-refractivity contribution is -0.184. The van der Waals surface area contributed by atoms with E-state index in [1.54, 1.807) is 0 Å². The Kier molecular flexibility index (Phi) is 6.07. The number of fused-ring (bicyclic) bond motifs is 4. The van der Waals surface area contributed by atoms with Gasteiger partial charge in [-0.25, -0.2) is 0 Å². The lowest BCUT2D eigenvalue weighted by Gasteiger charge is -2.65. The molecule has 0 spiro atoms. The van der Waals surface area contributed by atoms with E-state index >= 15 is 0 Å². The Balaban J connectivity index is 1.66. The predicted octanol–water partition coefficient (Wildman–Crippen LogP) is 8.41. The average Bonchev–Trinajstić information content (AvgIpc) is 3.02. The van der Waals surface area contributed by atoms with Gasteiger partial charge in [0.25, 0.3) is 0 Å². The average molecular weight is 429 g/mol. The molecule has 4 fully saturated rings. The molecule has 0 aliphatic heterocycles. The summed E-state index contributed by atoms with van der Waals surface area (Å²) in [7, 11) is 0. The van der Waals surface area contributed by atoms with Gasteiger partial charge >= 0.3 is 0 Å². The highest BCUT2D eigenvalue weighted by Crippen LogP contribution is 2.68. The molecule has 0 aromatic heterocycles. The number of allylic oxidation sites excluding steroid dienone is 1. The van der Waals surface area contributed by atoms with Crippen LogP contribution in [0.1, 0.15) is 119 Å². The number of rotatable bonds is 1. The van der Waals surface area contributed by atoms with Gasteiger partial charge in [-0.3, -0.25) is 0 Å². The summed E-state index contributed by atoms with van der Waals surface area (Å²) in [5, 5.41) is 10.9. The quantitative estimate of drug-likeness (QED) is 0.415. The molecule has 0 heterocycles. The third-order valence-corrected chi connectivity index (χ3v) is 12.4. The largest absolute Gasteiger partial charge is 0.393 e. The second kappa shape index (κ2) is 7.89. The van der Waals surface area contributed by atoms with Gasteiger partial charge in [-0.05, 0) is 122 Å². The maximum absolute atomic E-state index is 10.9. The smallest absolute Gasteiger partial charge is 0.0594 e. The van der Waals surface area contributed by atoms with Gasteiger partial charge in [0.15, 0.2) is 0 Å². The molecule has 31 heavy (non-hydrogen) atoms. The Morgan fingerprint density at radius 1 is 0.774 bits per heavy atom. The van der Waals surface area contributed by atoms with Crippen LogP contribution >= 0.6 is 0 Å². The molecule has 4 saturated carbocycles. The molecular formula is C30H52O. The van der Waals surface area contributed by atoms with Crippen molar-refractivity contribution in [3.63, 3.8) is 0 Å². The van der Waals surface area contributed by atoms with Crippen LogP contribution in [0.4, 0.5) is 0 Å². The normalized spacial score (nSPS) is 52.5. The highest BCUT2D eigenvalue weighted by atomic mass is 16.3. The Bertz CT molecular complexity index is 693. The van der Waals surface area contributed by atoms with Crippen molar-refractivity contribution in [3.05, 3.63) is 12.2 Å². The predicted molar refractivity (Wildman–Crippen MR) is 133 cm³/mol. The fraction of sp³-hybridized carbons (Fsp3) is 0.933. The van der Waals surface area contributed by atoms with Crippen molar-refractivity contribution < 1.29 is 5.11 Å². The number of aliphatic hydroxyl groups is 1. The molecule has 0 aromatic carbocycles. The lowest BCUT2D eigenvalue weighted by atomic mass is 9.40. The van der Waals surface area contributed by atoms with Crippen LogP contribution in [0, 0.1) is 51.2 Å². The van der Waals surface area contributed by atoms with Crippen LogP contribution in [0.25, 0.3) is 0 Å². The summed E-state index contributed by atoms with van der Waals surface area (Å²) in [6.45, 7) is 22.0. The Labute approximate surface area is 193 Å². The van der Waals surface area contributed by atoms with Crippen molar-refractivity contribution in [3.8, 4) is 0 Å². The summed E-state index contributed by atoms with van der Waals surface area (Å²) in [6.07, 6.45) is 14.6. The van der Waals surface area contributed by atoms with E-state index < -0.39 is 0 Å². The molecule has 178 valence electrons. The van der Waals surface area contributed by atoms with Gasteiger partial charge in [0.05, 0.1) is 6.10 Å². The van der Waals surface area contributed by atoms with Crippen LogP contribution in [0.2, 0.25) is 0 Å². The standard InChI is InChI=1S/C30H52O/c1-20(2)22-13-17-28(6)16-12-21(3)29(7)18-14-24-27(4,5)26(31)15-19-30(24,8)25(29)11-9-10-23(22)28/h21-26,31H,1,9-19H2,2-8H3/t21-,22?,23+,24+,25+,26+,28+,29+,30+/m1/s1. The van der Waals surface area contributed by atoms with Gasteiger partial charge in [0.1, 0.15) is 0 Å². The molecule has 0 radical (unpaired) electrons. The summed E-state index contributed by atoms with van der Waals surface area (Å²) >= 11 is 0. The summed E-state index contributed by atoms with van der Waals surface area (Å²) in [5.41, 5.74) is 2.87. The molecule has 4 aliphatic carbocycles. The Morgan fingerprint density at radius 3 is 2.10 bits per heavy atom. The van der Waals surface area contributed by atoms with Gasteiger partial charge in [-0.1, -0.05) is 60.1 Å². The third-order valence-electron chi connectivity index (χ3n) is 12.4. The van der Waals surface area contributed by atoms with E-state index in [1.165, 1.54) is 69.8 Å². The van der Waals surface area contributed by atoms with E-state index in [2.05, 4.69) is 55.0 Å². The molecule has 0 aromatic rings. The van der Waals surface area contributed by atoms with Crippen LogP contribution in [0.15, 0.2) is 12.2 Å². The van der Waals surface area contributed by atoms with Crippen molar-refractivity contribution in [2.24, 2.45) is 51.2 Å². The second-order valence-corrected chi connectivity index (χ2v) is 14.2. The minimum absolute atomic E-state index is 0.0575. The molecule has 9 atom stereocenters. The minimum atomic E-state index is -0.123. The molecule has 0 amide bonds. The van der Waals surface area contributed by atoms with E-state index in [0.29, 0.717) is 22.2 Å². The highest BCUT2D eigenvalue weighted by molar-refractivity contribution is 5.12. The first-order valence-corrected chi connectivity index (χ1v) is 13.7. The zero-order chi connectivity index (χ0) is 22.8. The van der Waals surface area contributed by atoms with Crippen molar-refractivity contribution in [2.75, 3.05) is 0 Å². The SMILES string of the molecule is C=C(C)C1CC[C@]2(C)CC[C@@H](C)[C@]3(C)CC[C@H]4C(C)(C)[C@@H](O)CC[C@]4(C)[C@H]3CCC[C@@H]12. The van der Waals surface area contributed by atoms with Crippen molar-refractivity contribution in [1.82, 2.24) is 0 Å². The molecule has 0 saturated heterocycles. The van der Waals surface area contributed by atoms with Crippen LogP contribution in [0.3, 0.4) is 0 Å². The summed E-state index contributed by atoms with van der Waals surface area (Å²) in [5.74, 6) is 3.86. The van der Waals surface area contributed by atoms with Crippen LogP contribution in [0.5, 0.6) is 0 Å². The zero-order valence-electron chi connectivity index (χ0n) is 21.9. The van der Waals surface area contributed by atoms with Gasteiger partial charge in [-0.15, -0.1) is 0 Å². The zero-order valence-corrected chi connectivity index (χ0v) is 21.9. The van der Waals surface area contributed by atoms with E-state index in [9.17, 15) is 5.11 Å². The lowest BCUT2D eigenvalue weighted by Crippen LogP contribution is -2.59. The number of hydrogen-bond acceptors (Lipinski definition) is 1. The van der Waals surface area contributed by atoms with Crippen molar-refractivity contribution in [1.29, 1.82) is 0 Å². The molecule has 1 N–H and O–H groups in total.